The van der Waals surface area contributed by atoms with Gasteiger partial charge in [0.15, 0.2) is 5.43 Å². The standard InChI is InChI=1S/C19H26N2O2/c1-3-11-23-15-7-8-18-16(12-15)19(22)17(14(2)20-18)13-21-9-5-4-6-10-21/h7-8,12H,3-6,9-11,13H2,1-2H3,(H,20,22)/p+1. The Kier molecular flexibility index (Phi) is 5.01. The maximum Gasteiger partial charge on any atom is 0.198 e. The molecule has 0 aliphatic carbocycles. The molecule has 1 aliphatic rings. The quantitative estimate of drug-likeness (QED) is 0.888. The molecule has 2 N–H and O–H groups in total. The van der Waals surface area contributed by atoms with Gasteiger partial charge in [-0.25, -0.2) is 0 Å². The Morgan fingerprint density at radius 2 is 2.00 bits per heavy atom. The van der Waals surface area contributed by atoms with Crippen LogP contribution in [0.1, 0.15) is 43.9 Å². The van der Waals surface area contributed by atoms with Crippen LogP contribution in [0.3, 0.4) is 0 Å². The summed E-state index contributed by atoms with van der Waals surface area (Å²) in [5, 5.41) is 0.746. The average Bonchev–Trinajstić information content (AvgIpc) is 2.58. The van der Waals surface area contributed by atoms with Gasteiger partial charge in [0, 0.05) is 16.6 Å². The van der Waals surface area contributed by atoms with Gasteiger partial charge in [0.2, 0.25) is 0 Å². The normalized spacial score (nSPS) is 15.9. The summed E-state index contributed by atoms with van der Waals surface area (Å²) in [7, 11) is 0. The Hall–Kier alpha value is -1.81. The first-order chi connectivity index (χ1) is 11.2. The minimum Gasteiger partial charge on any atom is -0.494 e. The van der Waals surface area contributed by atoms with Gasteiger partial charge in [-0.2, -0.15) is 0 Å². The first-order valence-electron chi connectivity index (χ1n) is 8.81. The highest BCUT2D eigenvalue weighted by molar-refractivity contribution is 5.81. The van der Waals surface area contributed by atoms with Gasteiger partial charge in [-0.1, -0.05) is 6.92 Å². The third-order valence-electron chi connectivity index (χ3n) is 4.74. The number of piperidine rings is 1. The molecular formula is C19H27N2O2+. The lowest BCUT2D eigenvalue weighted by atomic mass is 10.1. The van der Waals surface area contributed by atoms with E-state index in [1.165, 1.54) is 37.3 Å². The van der Waals surface area contributed by atoms with Crippen LogP contribution in [0.4, 0.5) is 0 Å². The van der Waals surface area contributed by atoms with Crippen molar-refractivity contribution in [2.24, 2.45) is 0 Å². The molecule has 2 aromatic rings. The zero-order chi connectivity index (χ0) is 16.2. The largest absolute Gasteiger partial charge is 0.494 e. The van der Waals surface area contributed by atoms with Crippen LogP contribution in [0.5, 0.6) is 5.75 Å². The number of likely N-dealkylation sites (tertiary alicyclic amines) is 1. The molecule has 23 heavy (non-hydrogen) atoms. The summed E-state index contributed by atoms with van der Waals surface area (Å²) in [4.78, 5) is 17.9. The van der Waals surface area contributed by atoms with Crippen molar-refractivity contribution < 1.29 is 9.64 Å². The van der Waals surface area contributed by atoms with Crippen molar-refractivity contribution in [2.45, 2.75) is 46.1 Å². The number of fused-ring (bicyclic) bond motifs is 1. The summed E-state index contributed by atoms with van der Waals surface area (Å²) in [5.41, 5.74) is 3.00. The summed E-state index contributed by atoms with van der Waals surface area (Å²) in [5.74, 6) is 0.782. The second-order valence-electron chi connectivity index (χ2n) is 6.60. The van der Waals surface area contributed by atoms with Gasteiger partial charge in [0.25, 0.3) is 0 Å². The monoisotopic (exact) mass is 315 g/mol. The van der Waals surface area contributed by atoms with Gasteiger partial charge >= 0.3 is 0 Å². The predicted octanol–water partition coefficient (Wildman–Crippen LogP) is 2.19. The fraction of sp³-hybridized carbons (Fsp3) is 0.526. The zero-order valence-electron chi connectivity index (χ0n) is 14.2. The number of aromatic nitrogens is 1. The van der Waals surface area contributed by atoms with E-state index in [1.54, 1.807) is 0 Å². The number of rotatable bonds is 5. The van der Waals surface area contributed by atoms with E-state index < -0.39 is 0 Å². The predicted molar refractivity (Wildman–Crippen MR) is 93.3 cm³/mol. The second-order valence-corrected chi connectivity index (χ2v) is 6.60. The molecule has 0 atom stereocenters. The van der Waals surface area contributed by atoms with Gasteiger partial charge in [0.1, 0.15) is 12.3 Å². The fourth-order valence-corrected chi connectivity index (χ4v) is 3.43. The van der Waals surface area contributed by atoms with Crippen LogP contribution in [-0.2, 0) is 6.54 Å². The van der Waals surface area contributed by atoms with E-state index in [2.05, 4.69) is 11.9 Å². The minimum absolute atomic E-state index is 0.163. The molecule has 0 amide bonds. The molecule has 124 valence electrons. The Labute approximate surface area is 137 Å². The zero-order valence-corrected chi connectivity index (χ0v) is 14.2. The number of pyridine rings is 1. The molecule has 1 aliphatic heterocycles. The average molecular weight is 315 g/mol. The van der Waals surface area contributed by atoms with Crippen LogP contribution >= 0.6 is 0 Å². The molecular weight excluding hydrogens is 288 g/mol. The van der Waals surface area contributed by atoms with Crippen LogP contribution in [0.25, 0.3) is 10.9 Å². The number of hydrogen-bond donors (Lipinski definition) is 2. The molecule has 1 saturated heterocycles. The Morgan fingerprint density at radius 3 is 2.74 bits per heavy atom. The van der Waals surface area contributed by atoms with Crippen LogP contribution in [0.15, 0.2) is 23.0 Å². The van der Waals surface area contributed by atoms with Gasteiger partial charge in [-0.3, -0.25) is 4.79 Å². The highest BCUT2D eigenvalue weighted by Gasteiger charge is 2.18. The molecule has 0 saturated carbocycles. The van der Waals surface area contributed by atoms with Crippen LogP contribution in [-0.4, -0.2) is 24.7 Å². The molecule has 3 rings (SSSR count). The summed E-state index contributed by atoms with van der Waals surface area (Å²) in [6, 6.07) is 5.77. The van der Waals surface area contributed by atoms with E-state index in [4.69, 9.17) is 4.74 Å². The highest BCUT2D eigenvalue weighted by Crippen LogP contribution is 2.18. The molecule has 0 radical (unpaired) electrons. The van der Waals surface area contributed by atoms with Crippen LogP contribution in [0, 0.1) is 6.92 Å². The van der Waals surface area contributed by atoms with E-state index in [1.807, 2.05) is 25.1 Å². The van der Waals surface area contributed by atoms with Crippen molar-refractivity contribution >= 4 is 10.9 Å². The second kappa shape index (κ2) is 7.18. The molecule has 1 fully saturated rings. The lowest BCUT2D eigenvalue weighted by Gasteiger charge is -2.24. The molecule has 0 unspecified atom stereocenters. The maximum atomic E-state index is 13.0. The molecule has 4 nitrogen and oxygen atoms in total. The van der Waals surface area contributed by atoms with Crippen LogP contribution < -0.4 is 15.1 Å². The summed E-state index contributed by atoms with van der Waals surface area (Å²) < 4.78 is 5.68. The first kappa shape index (κ1) is 16.1. The van der Waals surface area contributed by atoms with Gasteiger partial charge < -0.3 is 14.6 Å². The number of hydrogen-bond acceptors (Lipinski definition) is 2. The highest BCUT2D eigenvalue weighted by atomic mass is 16.5. The number of aryl methyl sites for hydroxylation is 1. The summed E-state index contributed by atoms with van der Waals surface area (Å²) >= 11 is 0. The number of nitrogens with one attached hydrogen (secondary N) is 2. The Balaban J connectivity index is 1.95. The minimum atomic E-state index is 0.163. The molecule has 2 heterocycles. The maximum absolute atomic E-state index is 13.0. The first-order valence-corrected chi connectivity index (χ1v) is 8.81. The fourth-order valence-electron chi connectivity index (χ4n) is 3.43. The van der Waals surface area contributed by atoms with Crippen molar-refractivity contribution in [3.8, 4) is 5.75 Å². The van der Waals surface area contributed by atoms with E-state index in [9.17, 15) is 4.79 Å². The molecule has 0 spiro atoms. The SMILES string of the molecule is CCCOc1ccc2[nH]c(C)c(C[NH+]3CCCCC3)c(=O)c2c1. The van der Waals surface area contributed by atoms with E-state index in [0.717, 1.165) is 40.9 Å². The van der Waals surface area contributed by atoms with Gasteiger partial charge in [0.05, 0.1) is 25.3 Å². The van der Waals surface area contributed by atoms with Gasteiger partial charge in [-0.05, 0) is 50.8 Å². The lowest BCUT2D eigenvalue weighted by molar-refractivity contribution is -0.918. The molecule has 0 bridgehead atoms. The van der Waals surface area contributed by atoms with Crippen molar-refractivity contribution in [2.75, 3.05) is 19.7 Å². The Morgan fingerprint density at radius 1 is 1.22 bits per heavy atom. The van der Waals surface area contributed by atoms with Crippen molar-refractivity contribution in [1.82, 2.24) is 4.98 Å². The van der Waals surface area contributed by atoms with E-state index in [-0.39, 0.29) is 5.43 Å². The third-order valence-corrected chi connectivity index (χ3v) is 4.74. The van der Waals surface area contributed by atoms with Crippen molar-refractivity contribution in [1.29, 1.82) is 0 Å². The lowest BCUT2D eigenvalue weighted by Crippen LogP contribution is -3.11. The smallest absolute Gasteiger partial charge is 0.198 e. The topological polar surface area (TPSA) is 46.5 Å². The molecule has 1 aromatic heterocycles. The summed E-state index contributed by atoms with van der Waals surface area (Å²) in [6.45, 7) is 7.96. The van der Waals surface area contributed by atoms with Crippen molar-refractivity contribution in [3.05, 3.63) is 39.7 Å². The van der Waals surface area contributed by atoms with E-state index in [0.29, 0.717) is 6.61 Å². The molecule has 1 aromatic carbocycles. The van der Waals surface area contributed by atoms with Gasteiger partial charge in [-0.15, -0.1) is 0 Å². The van der Waals surface area contributed by atoms with E-state index >= 15 is 0 Å². The van der Waals surface area contributed by atoms with Crippen molar-refractivity contribution in [3.63, 3.8) is 0 Å². The number of quaternary nitrogens is 1. The van der Waals surface area contributed by atoms with Crippen LogP contribution in [0.2, 0.25) is 0 Å². The Bertz CT molecular complexity index is 730. The number of ether oxygens (including phenoxy) is 1. The third kappa shape index (κ3) is 3.58. The summed E-state index contributed by atoms with van der Waals surface area (Å²) in [6.07, 6.45) is 4.84. The molecule has 4 heteroatoms. The number of benzene rings is 1. The number of H-pyrrole nitrogens is 1. The number of aromatic amines is 1.